The Labute approximate surface area is 155 Å². The van der Waals surface area contributed by atoms with Gasteiger partial charge in [0.1, 0.15) is 0 Å². The highest BCUT2D eigenvalue weighted by molar-refractivity contribution is 6.33. The largest absolute Gasteiger partial charge is 0.361 e. The highest BCUT2D eigenvalue weighted by Gasteiger charge is 2.29. The predicted molar refractivity (Wildman–Crippen MR) is 109 cm³/mol. The molecular weight excluding hydrogens is 328 g/mol. The Hall–Kier alpha value is -2.32. The molecule has 0 bridgehead atoms. The molecule has 25 heavy (non-hydrogen) atoms. The lowest BCUT2D eigenvalue weighted by molar-refractivity contribution is 0.356. The molecule has 3 rings (SSSR count). The summed E-state index contributed by atoms with van der Waals surface area (Å²) in [6, 6.07) is 20.1. The van der Waals surface area contributed by atoms with Gasteiger partial charge < -0.3 is 5.32 Å². The third-order valence-electron chi connectivity index (χ3n) is 4.21. The molecule has 0 unspecified atom stereocenters. The monoisotopic (exact) mass is 350 g/mol. The van der Waals surface area contributed by atoms with Gasteiger partial charge in [-0.2, -0.15) is 0 Å². The van der Waals surface area contributed by atoms with Gasteiger partial charge >= 0.3 is 0 Å². The fourth-order valence-corrected chi connectivity index (χ4v) is 3.28. The van der Waals surface area contributed by atoms with Gasteiger partial charge in [0.2, 0.25) is 0 Å². The van der Waals surface area contributed by atoms with E-state index >= 15 is 0 Å². The van der Waals surface area contributed by atoms with Crippen molar-refractivity contribution in [3.63, 3.8) is 0 Å². The second-order valence-electron chi connectivity index (χ2n) is 7.13. The van der Waals surface area contributed by atoms with E-state index in [9.17, 15) is 0 Å². The van der Waals surface area contributed by atoms with Crippen LogP contribution in [0.15, 0.2) is 88.0 Å². The second kappa shape index (κ2) is 7.71. The summed E-state index contributed by atoms with van der Waals surface area (Å²) in [5.41, 5.74) is 4.36. The average molecular weight is 351 g/mol. The summed E-state index contributed by atoms with van der Waals surface area (Å²) in [4.78, 5) is 4.58. The van der Waals surface area contributed by atoms with Crippen molar-refractivity contribution in [3.05, 3.63) is 83.0 Å². The lowest BCUT2D eigenvalue weighted by atomic mass is 9.75. The molecule has 1 N–H and O–H groups in total. The van der Waals surface area contributed by atoms with E-state index in [1.165, 1.54) is 0 Å². The summed E-state index contributed by atoms with van der Waals surface area (Å²) in [7, 11) is 0. The highest BCUT2D eigenvalue weighted by atomic mass is 35.5. The lowest BCUT2D eigenvalue weighted by Gasteiger charge is -2.32. The Morgan fingerprint density at radius 2 is 1.60 bits per heavy atom. The average Bonchev–Trinajstić information content (AvgIpc) is 2.62. The van der Waals surface area contributed by atoms with Crippen LogP contribution < -0.4 is 5.32 Å². The van der Waals surface area contributed by atoms with Gasteiger partial charge in [-0.05, 0) is 53.7 Å². The zero-order chi connectivity index (χ0) is 17.7. The molecule has 0 aromatic heterocycles. The number of rotatable bonds is 4. The smallest absolute Gasteiger partial charge is 0.0629 e. The standard InChI is InChI=1S/C22H23ClN2/c1-22(2)13-17(15-24-19-9-5-3-6-10-19)21(23)18(14-22)16-25-20-11-7-4-8-12-20/h3-12,15-16,24H,13-14H2,1-2H3/b17-15+,25-16?. The minimum Gasteiger partial charge on any atom is -0.361 e. The highest BCUT2D eigenvalue weighted by Crippen LogP contribution is 2.42. The molecule has 0 fully saturated rings. The fourth-order valence-electron chi connectivity index (χ4n) is 3.04. The van der Waals surface area contributed by atoms with Crippen molar-refractivity contribution in [2.75, 3.05) is 5.32 Å². The number of hydrogen-bond donors (Lipinski definition) is 1. The maximum Gasteiger partial charge on any atom is 0.0629 e. The van der Waals surface area contributed by atoms with Crippen LogP contribution in [0.5, 0.6) is 0 Å². The normalized spacial score (nSPS) is 18.8. The van der Waals surface area contributed by atoms with E-state index in [0.717, 1.165) is 40.4 Å². The van der Waals surface area contributed by atoms with Crippen LogP contribution in [0, 0.1) is 5.41 Å². The first kappa shape index (κ1) is 17.5. The molecule has 0 atom stereocenters. The van der Waals surface area contributed by atoms with E-state index < -0.39 is 0 Å². The lowest BCUT2D eigenvalue weighted by Crippen LogP contribution is -2.20. The van der Waals surface area contributed by atoms with Gasteiger partial charge in [-0.3, -0.25) is 4.99 Å². The number of allylic oxidation sites excluding steroid dienone is 3. The number of anilines is 1. The summed E-state index contributed by atoms with van der Waals surface area (Å²) >= 11 is 6.69. The molecule has 0 saturated heterocycles. The Balaban J connectivity index is 1.86. The topological polar surface area (TPSA) is 24.4 Å². The molecule has 0 aliphatic heterocycles. The van der Waals surface area contributed by atoms with Gasteiger partial charge in [0.05, 0.1) is 5.69 Å². The quantitative estimate of drug-likeness (QED) is 0.609. The van der Waals surface area contributed by atoms with Crippen molar-refractivity contribution < 1.29 is 0 Å². The maximum absolute atomic E-state index is 6.69. The van der Waals surface area contributed by atoms with E-state index in [1.807, 2.05) is 73.1 Å². The maximum atomic E-state index is 6.69. The molecule has 0 amide bonds. The number of benzene rings is 2. The summed E-state index contributed by atoms with van der Waals surface area (Å²) < 4.78 is 0. The number of hydrogen-bond acceptors (Lipinski definition) is 2. The Kier molecular flexibility index (Phi) is 5.40. The van der Waals surface area contributed by atoms with Crippen LogP contribution in [0.4, 0.5) is 11.4 Å². The van der Waals surface area contributed by atoms with Crippen LogP contribution in [0.3, 0.4) is 0 Å². The van der Waals surface area contributed by atoms with E-state index in [-0.39, 0.29) is 5.41 Å². The van der Waals surface area contributed by atoms with Crippen LogP contribution >= 0.6 is 11.6 Å². The second-order valence-corrected chi connectivity index (χ2v) is 7.51. The minimum atomic E-state index is 0.153. The number of nitrogens with one attached hydrogen (secondary N) is 1. The summed E-state index contributed by atoms with van der Waals surface area (Å²) in [6.45, 7) is 4.53. The van der Waals surface area contributed by atoms with Crippen LogP contribution in [0.25, 0.3) is 0 Å². The summed E-state index contributed by atoms with van der Waals surface area (Å²) in [5.74, 6) is 0. The van der Waals surface area contributed by atoms with Gasteiger partial charge in [0.25, 0.3) is 0 Å². The number of para-hydroxylation sites is 2. The van der Waals surface area contributed by atoms with E-state index in [0.29, 0.717) is 0 Å². The van der Waals surface area contributed by atoms with Gasteiger partial charge in [-0.25, -0.2) is 0 Å². The predicted octanol–water partition coefficient (Wildman–Crippen LogP) is 6.70. The first-order valence-corrected chi connectivity index (χ1v) is 8.90. The van der Waals surface area contributed by atoms with Crippen molar-refractivity contribution in [2.24, 2.45) is 10.4 Å². The Morgan fingerprint density at radius 1 is 0.960 bits per heavy atom. The Bertz CT molecular complexity index is 802. The molecule has 2 nitrogen and oxygen atoms in total. The minimum absolute atomic E-state index is 0.153. The van der Waals surface area contributed by atoms with E-state index in [4.69, 9.17) is 11.6 Å². The molecule has 0 radical (unpaired) electrons. The molecule has 0 heterocycles. The fraction of sp³-hybridized carbons (Fsp3) is 0.227. The van der Waals surface area contributed by atoms with Crippen molar-refractivity contribution in [1.82, 2.24) is 0 Å². The van der Waals surface area contributed by atoms with E-state index in [1.54, 1.807) is 0 Å². The molecule has 0 saturated carbocycles. The van der Waals surface area contributed by atoms with Crippen LogP contribution in [0.2, 0.25) is 0 Å². The summed E-state index contributed by atoms with van der Waals surface area (Å²) in [5, 5.41) is 4.16. The van der Waals surface area contributed by atoms with Crippen molar-refractivity contribution >= 4 is 29.2 Å². The molecule has 2 aromatic rings. The molecule has 1 aliphatic rings. The molecular formula is C22H23ClN2. The van der Waals surface area contributed by atoms with Crippen LogP contribution in [-0.2, 0) is 0 Å². The zero-order valence-electron chi connectivity index (χ0n) is 14.7. The number of nitrogens with zero attached hydrogens (tertiary/aromatic N) is 1. The SMILES string of the molecule is CC1(C)CC(C=Nc2ccccc2)=C(Cl)/C(=C/Nc2ccccc2)C1. The van der Waals surface area contributed by atoms with Crippen LogP contribution in [0.1, 0.15) is 26.7 Å². The molecule has 128 valence electrons. The van der Waals surface area contributed by atoms with Crippen LogP contribution in [-0.4, -0.2) is 6.21 Å². The molecule has 3 heteroatoms. The first-order valence-electron chi connectivity index (χ1n) is 8.52. The van der Waals surface area contributed by atoms with Gasteiger partial charge in [0.15, 0.2) is 0 Å². The first-order chi connectivity index (χ1) is 12.0. The molecule has 2 aromatic carbocycles. The van der Waals surface area contributed by atoms with E-state index in [2.05, 4.69) is 24.2 Å². The van der Waals surface area contributed by atoms with Crippen molar-refractivity contribution in [2.45, 2.75) is 26.7 Å². The van der Waals surface area contributed by atoms with Crippen molar-refractivity contribution in [1.29, 1.82) is 0 Å². The molecule has 0 spiro atoms. The third kappa shape index (κ3) is 4.83. The Morgan fingerprint density at radius 3 is 2.28 bits per heavy atom. The third-order valence-corrected chi connectivity index (χ3v) is 4.70. The number of halogens is 1. The summed E-state index contributed by atoms with van der Waals surface area (Å²) in [6.07, 6.45) is 5.79. The number of aliphatic imine (C=N–C) groups is 1. The van der Waals surface area contributed by atoms with Gasteiger partial charge in [-0.1, -0.05) is 61.8 Å². The van der Waals surface area contributed by atoms with Gasteiger partial charge in [-0.15, -0.1) is 0 Å². The van der Waals surface area contributed by atoms with Gasteiger partial charge in [0, 0.05) is 23.1 Å². The van der Waals surface area contributed by atoms with Crippen molar-refractivity contribution in [3.8, 4) is 0 Å². The zero-order valence-corrected chi connectivity index (χ0v) is 15.4. The molecule has 1 aliphatic carbocycles.